The van der Waals surface area contributed by atoms with Crippen LogP contribution < -0.4 is 11.1 Å². The third-order valence-electron chi connectivity index (χ3n) is 2.68. The van der Waals surface area contributed by atoms with E-state index in [4.69, 9.17) is 5.73 Å². The Morgan fingerprint density at radius 3 is 2.50 bits per heavy atom. The number of nitrogens with one attached hydrogen (secondary N) is 1. The zero-order valence-electron chi connectivity index (χ0n) is 11.7. The third kappa shape index (κ3) is 4.45. The van der Waals surface area contributed by atoms with Crippen LogP contribution in [0.25, 0.3) is 0 Å². The number of hydrogen-bond acceptors (Lipinski definition) is 4. The van der Waals surface area contributed by atoms with Crippen molar-refractivity contribution in [1.29, 1.82) is 0 Å². The minimum Gasteiger partial charge on any atom is -0.330 e. The molecule has 6 nitrogen and oxygen atoms in total. The van der Waals surface area contributed by atoms with Crippen LogP contribution in [-0.4, -0.2) is 39.3 Å². The molecule has 0 fully saturated rings. The molecule has 1 rings (SSSR count). The summed E-state index contributed by atoms with van der Waals surface area (Å²) in [5.41, 5.74) is 5.84. The summed E-state index contributed by atoms with van der Waals surface area (Å²) in [5.74, 6) is -0.559. The van der Waals surface area contributed by atoms with E-state index in [0.29, 0.717) is 5.69 Å². The zero-order valence-corrected chi connectivity index (χ0v) is 13.3. The van der Waals surface area contributed by atoms with Crippen molar-refractivity contribution in [2.75, 3.05) is 26.0 Å². The molecule has 1 unspecified atom stereocenters. The first-order valence-electron chi connectivity index (χ1n) is 5.82. The Morgan fingerprint density at radius 2 is 2.00 bits per heavy atom. The second-order valence-electron chi connectivity index (χ2n) is 4.44. The van der Waals surface area contributed by atoms with Gasteiger partial charge in [-0.3, -0.25) is 4.79 Å². The Balaban J connectivity index is 0.00000361. The molecule has 0 spiro atoms. The number of nitrogens with two attached hydrogens (primary N) is 1. The van der Waals surface area contributed by atoms with Gasteiger partial charge in [0.25, 0.3) is 0 Å². The first-order valence-corrected chi connectivity index (χ1v) is 7.26. The van der Waals surface area contributed by atoms with Crippen LogP contribution in [-0.2, 0) is 14.8 Å². The number of hydrogen-bond donors (Lipinski definition) is 2. The Labute approximate surface area is 125 Å². The van der Waals surface area contributed by atoms with Crippen LogP contribution in [0.1, 0.15) is 6.92 Å². The van der Waals surface area contributed by atoms with Gasteiger partial charge in [0, 0.05) is 32.2 Å². The molecular weight excluding hydrogens is 302 g/mol. The molecule has 0 heterocycles. The number of carbonyl (C=O) groups is 1. The van der Waals surface area contributed by atoms with E-state index in [1.807, 2.05) is 0 Å². The molecule has 3 N–H and O–H groups in total. The van der Waals surface area contributed by atoms with Crippen molar-refractivity contribution in [3.8, 4) is 0 Å². The maximum atomic E-state index is 12.0. The highest BCUT2D eigenvalue weighted by molar-refractivity contribution is 7.89. The van der Waals surface area contributed by atoms with Crippen molar-refractivity contribution in [3.05, 3.63) is 24.3 Å². The number of amides is 1. The monoisotopic (exact) mass is 321 g/mol. The lowest BCUT2D eigenvalue weighted by atomic mass is 10.1. The number of rotatable bonds is 5. The van der Waals surface area contributed by atoms with E-state index < -0.39 is 10.0 Å². The van der Waals surface area contributed by atoms with E-state index in [-0.39, 0.29) is 35.7 Å². The van der Waals surface area contributed by atoms with Gasteiger partial charge in [0.05, 0.1) is 4.90 Å². The Kier molecular flexibility index (Phi) is 7.15. The SMILES string of the molecule is CC(CN)C(=O)Nc1cccc(S(=O)(=O)N(C)C)c1.Cl. The predicted octanol–water partition coefficient (Wildman–Crippen LogP) is 0.892. The molecule has 1 atom stereocenters. The van der Waals surface area contributed by atoms with Crippen LogP contribution in [0.5, 0.6) is 0 Å². The second-order valence-corrected chi connectivity index (χ2v) is 6.59. The minimum absolute atomic E-state index is 0. The lowest BCUT2D eigenvalue weighted by Crippen LogP contribution is -2.27. The summed E-state index contributed by atoms with van der Waals surface area (Å²) in [6, 6.07) is 6.13. The zero-order chi connectivity index (χ0) is 14.6. The van der Waals surface area contributed by atoms with Crippen molar-refractivity contribution < 1.29 is 13.2 Å². The fourth-order valence-corrected chi connectivity index (χ4v) is 2.27. The molecule has 0 aliphatic rings. The highest BCUT2D eigenvalue weighted by Crippen LogP contribution is 2.18. The van der Waals surface area contributed by atoms with Gasteiger partial charge in [-0.05, 0) is 18.2 Å². The van der Waals surface area contributed by atoms with E-state index in [9.17, 15) is 13.2 Å². The molecule has 0 bridgehead atoms. The highest BCUT2D eigenvalue weighted by atomic mass is 35.5. The van der Waals surface area contributed by atoms with Crippen LogP contribution in [0.3, 0.4) is 0 Å². The lowest BCUT2D eigenvalue weighted by Gasteiger charge is -2.13. The van der Waals surface area contributed by atoms with Gasteiger partial charge in [0.15, 0.2) is 0 Å². The number of carbonyl (C=O) groups excluding carboxylic acids is 1. The van der Waals surface area contributed by atoms with Crippen molar-refractivity contribution in [1.82, 2.24) is 4.31 Å². The summed E-state index contributed by atoms with van der Waals surface area (Å²) in [5, 5.41) is 2.64. The molecule has 114 valence electrons. The summed E-state index contributed by atoms with van der Waals surface area (Å²) >= 11 is 0. The van der Waals surface area contributed by atoms with Gasteiger partial charge in [-0.25, -0.2) is 12.7 Å². The van der Waals surface area contributed by atoms with Gasteiger partial charge in [0.1, 0.15) is 0 Å². The van der Waals surface area contributed by atoms with Crippen LogP contribution in [0.2, 0.25) is 0 Å². The van der Waals surface area contributed by atoms with Crippen LogP contribution >= 0.6 is 12.4 Å². The van der Waals surface area contributed by atoms with E-state index in [2.05, 4.69) is 5.32 Å². The molecule has 8 heteroatoms. The predicted molar refractivity (Wildman–Crippen MR) is 81.4 cm³/mol. The average Bonchev–Trinajstić information content (AvgIpc) is 2.37. The Bertz CT molecular complexity index is 561. The summed E-state index contributed by atoms with van der Waals surface area (Å²) in [7, 11) is -0.593. The van der Waals surface area contributed by atoms with Gasteiger partial charge >= 0.3 is 0 Å². The molecule has 0 saturated carbocycles. The molecule has 0 aliphatic carbocycles. The fourth-order valence-electron chi connectivity index (χ4n) is 1.32. The molecular formula is C12H20ClN3O3S. The fraction of sp³-hybridized carbons (Fsp3) is 0.417. The maximum Gasteiger partial charge on any atom is 0.242 e. The number of benzene rings is 1. The van der Waals surface area contributed by atoms with E-state index in [1.165, 1.54) is 26.2 Å². The maximum absolute atomic E-state index is 12.0. The van der Waals surface area contributed by atoms with E-state index >= 15 is 0 Å². The normalized spacial score (nSPS) is 12.7. The van der Waals surface area contributed by atoms with Crippen LogP contribution in [0.15, 0.2) is 29.2 Å². The molecule has 0 aromatic heterocycles. The van der Waals surface area contributed by atoms with E-state index in [0.717, 1.165) is 4.31 Å². The molecule has 1 aromatic carbocycles. The Morgan fingerprint density at radius 1 is 1.40 bits per heavy atom. The minimum atomic E-state index is -3.50. The topological polar surface area (TPSA) is 92.5 Å². The highest BCUT2D eigenvalue weighted by Gasteiger charge is 2.18. The average molecular weight is 322 g/mol. The molecule has 0 radical (unpaired) electrons. The van der Waals surface area contributed by atoms with Crippen LogP contribution in [0.4, 0.5) is 5.69 Å². The molecule has 20 heavy (non-hydrogen) atoms. The van der Waals surface area contributed by atoms with Gasteiger partial charge < -0.3 is 11.1 Å². The lowest BCUT2D eigenvalue weighted by molar-refractivity contribution is -0.119. The van der Waals surface area contributed by atoms with Crippen molar-refractivity contribution in [3.63, 3.8) is 0 Å². The molecule has 1 aromatic rings. The number of sulfonamides is 1. The molecule has 0 aliphatic heterocycles. The van der Waals surface area contributed by atoms with Crippen LogP contribution in [0, 0.1) is 5.92 Å². The summed E-state index contributed by atoms with van der Waals surface area (Å²) in [4.78, 5) is 11.8. The molecule has 1 amide bonds. The van der Waals surface area contributed by atoms with Gasteiger partial charge in [0.2, 0.25) is 15.9 Å². The summed E-state index contributed by atoms with van der Waals surface area (Å²) in [6.45, 7) is 1.94. The number of halogens is 1. The van der Waals surface area contributed by atoms with E-state index in [1.54, 1.807) is 19.1 Å². The van der Waals surface area contributed by atoms with Gasteiger partial charge in [-0.15, -0.1) is 12.4 Å². The first kappa shape index (κ1) is 18.9. The number of nitrogens with zero attached hydrogens (tertiary/aromatic N) is 1. The second kappa shape index (κ2) is 7.58. The standard InChI is InChI=1S/C12H19N3O3S.ClH/c1-9(8-13)12(16)14-10-5-4-6-11(7-10)19(17,18)15(2)3;/h4-7,9H,8,13H2,1-3H3,(H,14,16);1H. The van der Waals surface area contributed by atoms with Crippen molar-refractivity contribution >= 4 is 34.0 Å². The van der Waals surface area contributed by atoms with Crippen molar-refractivity contribution in [2.45, 2.75) is 11.8 Å². The summed E-state index contributed by atoms with van der Waals surface area (Å²) in [6.07, 6.45) is 0. The Hall–Kier alpha value is -1.15. The summed E-state index contributed by atoms with van der Waals surface area (Å²) < 4.78 is 25.0. The van der Waals surface area contributed by atoms with Gasteiger partial charge in [-0.1, -0.05) is 13.0 Å². The molecule has 0 saturated heterocycles. The van der Waals surface area contributed by atoms with Gasteiger partial charge in [-0.2, -0.15) is 0 Å². The number of anilines is 1. The first-order chi connectivity index (χ1) is 8.78. The van der Waals surface area contributed by atoms with Crippen molar-refractivity contribution in [2.24, 2.45) is 11.7 Å². The third-order valence-corrected chi connectivity index (χ3v) is 4.49. The smallest absolute Gasteiger partial charge is 0.242 e. The largest absolute Gasteiger partial charge is 0.330 e. The quantitative estimate of drug-likeness (QED) is 0.842.